The van der Waals surface area contributed by atoms with E-state index in [1.165, 1.54) is 0 Å². The fraction of sp³-hybridized carbons (Fsp3) is 0.312. The van der Waals surface area contributed by atoms with Crippen LogP contribution >= 0.6 is 0 Å². The van der Waals surface area contributed by atoms with Gasteiger partial charge in [-0.2, -0.15) is 9.78 Å². The molecule has 1 atom stereocenters. The Kier molecular flexibility index (Phi) is 4.73. The number of aromatic nitrogens is 6. The van der Waals surface area contributed by atoms with Gasteiger partial charge in [-0.25, -0.2) is 4.79 Å². The summed E-state index contributed by atoms with van der Waals surface area (Å²) < 4.78 is 3.32. The molecule has 0 saturated heterocycles. The molecule has 130 valence electrons. The molecule has 0 radical (unpaired) electrons. The van der Waals surface area contributed by atoms with Crippen LogP contribution in [0.15, 0.2) is 36.7 Å². The largest absolute Gasteiger partial charge is 0.331 e. The van der Waals surface area contributed by atoms with E-state index in [1.54, 1.807) is 15.6 Å². The number of carbonyl (C=O) groups excluding carboxylic acids is 1. The molecular weight excluding hydrogens is 320 g/mol. The minimum atomic E-state index is -0.310. The summed E-state index contributed by atoms with van der Waals surface area (Å²) in [6, 6.07) is 6.91. The zero-order valence-electron chi connectivity index (χ0n) is 14.3. The highest BCUT2D eigenvalue weighted by molar-refractivity contribution is 5.91. The van der Waals surface area contributed by atoms with Crippen LogP contribution in [-0.4, -0.2) is 36.0 Å². The maximum Gasteiger partial charge on any atom is 0.319 e. The van der Waals surface area contributed by atoms with Gasteiger partial charge in [0.15, 0.2) is 5.82 Å². The quantitative estimate of drug-likeness (QED) is 0.738. The molecule has 0 aliphatic carbocycles. The lowest BCUT2D eigenvalue weighted by Crippen LogP contribution is -2.31. The minimum Gasteiger partial charge on any atom is -0.331 e. The van der Waals surface area contributed by atoms with E-state index in [0.717, 1.165) is 11.4 Å². The van der Waals surface area contributed by atoms with Crippen molar-refractivity contribution in [2.45, 2.75) is 26.3 Å². The SMILES string of the molecule is CCc1nnnn1-c1ccccc1NC(=O)NC(C)c1cnn(C)c1. The monoisotopic (exact) mass is 340 g/mol. The van der Waals surface area contributed by atoms with E-state index in [4.69, 9.17) is 0 Å². The molecule has 25 heavy (non-hydrogen) atoms. The highest BCUT2D eigenvalue weighted by Gasteiger charge is 2.15. The molecule has 9 nitrogen and oxygen atoms in total. The van der Waals surface area contributed by atoms with E-state index in [9.17, 15) is 4.79 Å². The van der Waals surface area contributed by atoms with Crippen molar-refractivity contribution in [3.05, 3.63) is 48.0 Å². The van der Waals surface area contributed by atoms with E-state index in [0.29, 0.717) is 17.8 Å². The summed E-state index contributed by atoms with van der Waals surface area (Å²) in [5.74, 6) is 0.721. The number of urea groups is 1. The minimum absolute atomic E-state index is 0.167. The van der Waals surface area contributed by atoms with E-state index >= 15 is 0 Å². The molecule has 2 amide bonds. The number of carbonyl (C=O) groups is 1. The second-order valence-corrected chi connectivity index (χ2v) is 5.65. The molecule has 2 N–H and O–H groups in total. The van der Waals surface area contributed by atoms with Crippen molar-refractivity contribution in [1.29, 1.82) is 0 Å². The number of nitrogens with one attached hydrogen (secondary N) is 2. The molecule has 0 spiro atoms. The Morgan fingerprint density at radius 1 is 1.32 bits per heavy atom. The molecule has 9 heteroatoms. The average molecular weight is 340 g/mol. The molecule has 0 aliphatic heterocycles. The van der Waals surface area contributed by atoms with Crippen molar-refractivity contribution in [3.63, 3.8) is 0 Å². The van der Waals surface area contributed by atoms with Crippen LogP contribution in [0.4, 0.5) is 10.5 Å². The fourth-order valence-corrected chi connectivity index (χ4v) is 2.48. The van der Waals surface area contributed by atoms with Crippen LogP contribution in [0.2, 0.25) is 0 Å². The van der Waals surface area contributed by atoms with Crippen LogP contribution in [0, 0.1) is 0 Å². The molecular formula is C16H20N8O. The molecule has 3 aromatic rings. The summed E-state index contributed by atoms with van der Waals surface area (Å²) in [7, 11) is 1.84. The van der Waals surface area contributed by atoms with E-state index in [-0.39, 0.29) is 12.1 Å². The van der Waals surface area contributed by atoms with Crippen molar-refractivity contribution >= 4 is 11.7 Å². The van der Waals surface area contributed by atoms with E-state index in [2.05, 4.69) is 31.3 Å². The maximum atomic E-state index is 12.4. The first-order valence-corrected chi connectivity index (χ1v) is 8.01. The number of aryl methyl sites for hydroxylation is 2. The zero-order chi connectivity index (χ0) is 17.8. The molecule has 2 heterocycles. The first-order chi connectivity index (χ1) is 12.1. The van der Waals surface area contributed by atoms with Crippen LogP contribution < -0.4 is 10.6 Å². The second kappa shape index (κ2) is 7.12. The number of nitrogens with zero attached hydrogens (tertiary/aromatic N) is 6. The van der Waals surface area contributed by atoms with Gasteiger partial charge in [0, 0.05) is 25.2 Å². The Bertz CT molecular complexity index is 868. The first-order valence-electron chi connectivity index (χ1n) is 8.01. The number of hydrogen-bond donors (Lipinski definition) is 2. The van der Waals surface area contributed by atoms with Gasteiger partial charge in [0.2, 0.25) is 0 Å². The van der Waals surface area contributed by atoms with Crippen molar-refractivity contribution < 1.29 is 4.79 Å². The molecule has 0 bridgehead atoms. The normalized spacial score (nSPS) is 12.0. The van der Waals surface area contributed by atoms with E-state index in [1.807, 2.05) is 51.4 Å². The lowest BCUT2D eigenvalue weighted by Gasteiger charge is -2.15. The standard InChI is InChI=1S/C16H20N8O/c1-4-15-20-21-22-24(15)14-8-6-5-7-13(14)19-16(25)18-11(2)12-9-17-23(3)10-12/h5-11H,4H2,1-3H3,(H2,18,19,25). The van der Waals surface area contributed by atoms with Crippen molar-refractivity contribution in [1.82, 2.24) is 35.3 Å². The Hall–Kier alpha value is -3.23. The molecule has 3 rings (SSSR count). The van der Waals surface area contributed by atoms with Gasteiger partial charge in [-0.15, -0.1) is 5.10 Å². The smallest absolute Gasteiger partial charge is 0.319 e. The predicted molar refractivity (Wildman–Crippen MR) is 92.3 cm³/mol. The average Bonchev–Trinajstić information content (AvgIpc) is 3.23. The predicted octanol–water partition coefficient (Wildman–Crippen LogP) is 1.84. The summed E-state index contributed by atoms with van der Waals surface area (Å²) in [5, 5.41) is 21.6. The highest BCUT2D eigenvalue weighted by Crippen LogP contribution is 2.20. The van der Waals surface area contributed by atoms with Crippen LogP contribution in [0.1, 0.15) is 31.3 Å². The molecule has 1 aromatic carbocycles. The summed E-state index contributed by atoms with van der Waals surface area (Å²) in [4.78, 5) is 12.4. The number of para-hydroxylation sites is 2. The van der Waals surface area contributed by atoms with Gasteiger partial charge in [0.1, 0.15) is 0 Å². The third-order valence-corrected chi connectivity index (χ3v) is 3.80. The molecule has 0 saturated carbocycles. The molecule has 1 unspecified atom stereocenters. The fourth-order valence-electron chi connectivity index (χ4n) is 2.48. The van der Waals surface area contributed by atoms with Gasteiger partial charge in [-0.05, 0) is 29.5 Å². The van der Waals surface area contributed by atoms with Crippen molar-refractivity contribution in [2.24, 2.45) is 7.05 Å². The number of amides is 2. The topological polar surface area (TPSA) is 103 Å². The Morgan fingerprint density at radius 2 is 2.12 bits per heavy atom. The Morgan fingerprint density at radius 3 is 2.84 bits per heavy atom. The lowest BCUT2D eigenvalue weighted by molar-refractivity contribution is 0.249. The van der Waals surface area contributed by atoms with Gasteiger partial charge in [0.25, 0.3) is 0 Å². The molecule has 0 aliphatic rings. The van der Waals surface area contributed by atoms with Crippen LogP contribution in [-0.2, 0) is 13.5 Å². The van der Waals surface area contributed by atoms with Gasteiger partial charge in [-0.3, -0.25) is 4.68 Å². The number of anilines is 1. The zero-order valence-corrected chi connectivity index (χ0v) is 14.3. The van der Waals surface area contributed by atoms with Gasteiger partial charge < -0.3 is 10.6 Å². The van der Waals surface area contributed by atoms with Crippen LogP contribution in [0.3, 0.4) is 0 Å². The Balaban J connectivity index is 1.76. The summed E-state index contributed by atoms with van der Waals surface area (Å²) in [5.41, 5.74) is 2.27. The first kappa shape index (κ1) is 16.6. The molecule has 2 aromatic heterocycles. The lowest BCUT2D eigenvalue weighted by atomic mass is 10.2. The summed E-state index contributed by atoms with van der Waals surface area (Å²) in [6.45, 7) is 3.87. The highest BCUT2D eigenvalue weighted by atomic mass is 16.2. The van der Waals surface area contributed by atoms with Crippen molar-refractivity contribution in [3.8, 4) is 5.69 Å². The third kappa shape index (κ3) is 3.65. The van der Waals surface area contributed by atoms with Gasteiger partial charge in [0.05, 0.1) is 23.6 Å². The maximum absolute atomic E-state index is 12.4. The van der Waals surface area contributed by atoms with E-state index < -0.39 is 0 Å². The van der Waals surface area contributed by atoms with Gasteiger partial charge in [-0.1, -0.05) is 19.1 Å². The Labute approximate surface area is 145 Å². The summed E-state index contributed by atoms with van der Waals surface area (Å²) in [6.07, 6.45) is 4.28. The number of rotatable bonds is 5. The number of benzene rings is 1. The number of hydrogen-bond acceptors (Lipinski definition) is 5. The van der Waals surface area contributed by atoms with Crippen LogP contribution in [0.25, 0.3) is 5.69 Å². The summed E-state index contributed by atoms with van der Waals surface area (Å²) >= 11 is 0. The van der Waals surface area contributed by atoms with Gasteiger partial charge >= 0.3 is 6.03 Å². The second-order valence-electron chi connectivity index (χ2n) is 5.65. The van der Waals surface area contributed by atoms with Crippen LogP contribution in [0.5, 0.6) is 0 Å². The van der Waals surface area contributed by atoms with Crippen molar-refractivity contribution in [2.75, 3.05) is 5.32 Å². The number of tetrazole rings is 1. The third-order valence-electron chi connectivity index (χ3n) is 3.80. The molecule has 0 fully saturated rings.